The molecule has 1 heterocycles. The molecule has 0 aliphatic carbocycles. The van der Waals surface area contributed by atoms with Gasteiger partial charge in [0, 0.05) is 10.4 Å². The van der Waals surface area contributed by atoms with E-state index in [1.54, 1.807) is 26.8 Å². The minimum absolute atomic E-state index is 0.0298. The zero-order chi connectivity index (χ0) is 16.3. The quantitative estimate of drug-likeness (QED) is 0.657. The monoisotopic (exact) mass is 335 g/mol. The average Bonchev–Trinajstić information content (AvgIpc) is 2.66. The fourth-order valence-electron chi connectivity index (χ4n) is 1.71. The first-order chi connectivity index (χ1) is 9.55. The van der Waals surface area contributed by atoms with Crippen molar-refractivity contribution in [2.24, 2.45) is 0 Å². The first-order valence-corrected chi connectivity index (χ1v) is 9.04. The predicted molar refractivity (Wildman–Crippen MR) is 83.8 cm³/mol. The fourth-order valence-corrected chi connectivity index (χ4v) is 4.72. The molecule has 0 unspecified atom stereocenters. The maximum Gasteiger partial charge on any atom is 0.707 e. The molecular weight excluding hydrogens is 313 g/mol. The van der Waals surface area contributed by atoms with Gasteiger partial charge in [-0.2, -0.15) is 0 Å². The molecule has 1 aromatic heterocycles. The lowest BCUT2D eigenvalue weighted by molar-refractivity contribution is 0.286. The molecule has 0 aromatic carbocycles. The topological polar surface area (TPSA) is 95.9 Å². The number of thiophene rings is 1. The Bertz CT molecular complexity index is 563. The maximum atomic E-state index is 12.4. The molecule has 0 bridgehead atoms. The van der Waals surface area contributed by atoms with Crippen molar-refractivity contribution in [1.82, 2.24) is 4.72 Å². The van der Waals surface area contributed by atoms with Crippen LogP contribution in [0.4, 0.5) is 0 Å². The van der Waals surface area contributed by atoms with E-state index in [2.05, 4.69) is 4.72 Å². The molecule has 0 amide bonds. The first-order valence-electron chi connectivity index (χ1n) is 6.74. The molecule has 3 N–H and O–H groups in total. The van der Waals surface area contributed by atoms with Crippen molar-refractivity contribution in [1.29, 1.82) is 0 Å². The maximum absolute atomic E-state index is 12.4. The van der Waals surface area contributed by atoms with Crippen molar-refractivity contribution < 1.29 is 23.1 Å². The molecule has 0 saturated carbocycles. The van der Waals surface area contributed by atoms with Crippen molar-refractivity contribution in [3.05, 3.63) is 10.9 Å². The zero-order valence-electron chi connectivity index (χ0n) is 12.7. The summed E-state index contributed by atoms with van der Waals surface area (Å²) in [6.07, 6.45) is 2.64. The Morgan fingerprint density at radius 1 is 1.38 bits per heavy atom. The van der Waals surface area contributed by atoms with E-state index in [-0.39, 0.29) is 9.96 Å². The van der Waals surface area contributed by atoms with Crippen LogP contribution in [0.5, 0.6) is 5.75 Å². The standard InChI is InChI=1S/C12H22BNO5S2/c1-5-6-7-9-8-10(19-13(15)16)11(20-9)21(17,18)14-12(2,3)4/h8,14-16H,5-7H2,1-4H3. The van der Waals surface area contributed by atoms with Gasteiger partial charge in [0.2, 0.25) is 0 Å². The van der Waals surface area contributed by atoms with E-state index in [0.717, 1.165) is 35.5 Å². The van der Waals surface area contributed by atoms with Gasteiger partial charge in [0.15, 0.2) is 4.21 Å². The number of aryl methyl sites for hydroxylation is 1. The summed E-state index contributed by atoms with van der Waals surface area (Å²) in [7, 11) is -5.83. The van der Waals surface area contributed by atoms with Gasteiger partial charge < -0.3 is 14.7 Å². The van der Waals surface area contributed by atoms with E-state index in [4.69, 9.17) is 14.7 Å². The molecule has 0 spiro atoms. The van der Waals surface area contributed by atoms with E-state index in [9.17, 15) is 8.42 Å². The SMILES string of the molecule is CCCCc1cc(OB(O)O)c(S(=O)(=O)NC(C)(C)C)s1. The van der Waals surface area contributed by atoms with Crippen molar-refractivity contribution in [2.45, 2.75) is 56.7 Å². The molecule has 21 heavy (non-hydrogen) atoms. The summed E-state index contributed by atoms with van der Waals surface area (Å²) in [6, 6.07) is 1.55. The Balaban J connectivity index is 3.15. The van der Waals surface area contributed by atoms with Crippen LogP contribution in [0.3, 0.4) is 0 Å². The molecule has 1 aromatic rings. The lowest BCUT2D eigenvalue weighted by Gasteiger charge is -2.20. The van der Waals surface area contributed by atoms with Gasteiger partial charge in [0.1, 0.15) is 5.75 Å². The van der Waals surface area contributed by atoms with E-state index < -0.39 is 22.9 Å². The Labute approximate surface area is 130 Å². The lowest BCUT2D eigenvalue weighted by atomic mass is 10.1. The number of hydrogen-bond donors (Lipinski definition) is 3. The minimum Gasteiger partial charge on any atom is -0.510 e. The largest absolute Gasteiger partial charge is 0.707 e. The summed E-state index contributed by atoms with van der Waals surface area (Å²) in [5.74, 6) is -0.0298. The third-order valence-corrected chi connectivity index (χ3v) is 5.86. The Hall–Kier alpha value is -0.605. The van der Waals surface area contributed by atoms with E-state index in [1.807, 2.05) is 6.92 Å². The first kappa shape index (κ1) is 18.4. The summed E-state index contributed by atoms with van der Waals surface area (Å²) in [6.45, 7) is 7.24. The van der Waals surface area contributed by atoms with Gasteiger partial charge in [-0.25, -0.2) is 13.1 Å². The number of sulfonamides is 1. The third kappa shape index (κ3) is 5.95. The Morgan fingerprint density at radius 3 is 2.48 bits per heavy atom. The number of rotatable bonds is 7. The number of nitrogens with one attached hydrogen (secondary N) is 1. The minimum atomic E-state index is -3.78. The van der Waals surface area contributed by atoms with Crippen LogP contribution in [0.1, 0.15) is 45.4 Å². The van der Waals surface area contributed by atoms with Crippen LogP contribution in [0.15, 0.2) is 10.3 Å². The van der Waals surface area contributed by atoms with Crippen LogP contribution in [-0.2, 0) is 16.4 Å². The van der Waals surface area contributed by atoms with Crippen LogP contribution in [0, 0.1) is 0 Å². The second-order valence-corrected chi connectivity index (χ2v) is 8.78. The molecule has 1 rings (SSSR count). The molecule has 0 radical (unpaired) electrons. The second-order valence-electron chi connectivity index (χ2n) is 5.77. The molecule has 0 atom stereocenters. The van der Waals surface area contributed by atoms with Crippen LogP contribution in [0.25, 0.3) is 0 Å². The molecule has 120 valence electrons. The highest BCUT2D eigenvalue weighted by Gasteiger charge is 2.29. The van der Waals surface area contributed by atoms with Crippen LogP contribution in [0.2, 0.25) is 0 Å². The molecule has 0 aliphatic heterocycles. The zero-order valence-corrected chi connectivity index (χ0v) is 14.3. The Morgan fingerprint density at radius 2 is 2.00 bits per heavy atom. The van der Waals surface area contributed by atoms with Gasteiger partial charge in [0.25, 0.3) is 10.0 Å². The summed E-state index contributed by atoms with van der Waals surface area (Å²) in [4.78, 5) is 0.835. The van der Waals surface area contributed by atoms with Crippen LogP contribution < -0.4 is 9.38 Å². The van der Waals surface area contributed by atoms with Gasteiger partial charge in [-0.3, -0.25) is 0 Å². The van der Waals surface area contributed by atoms with Crippen molar-refractivity contribution in [2.75, 3.05) is 0 Å². The lowest BCUT2D eigenvalue weighted by Crippen LogP contribution is -2.40. The summed E-state index contributed by atoms with van der Waals surface area (Å²) in [5, 5.41) is 17.9. The highest BCUT2D eigenvalue weighted by molar-refractivity contribution is 7.91. The summed E-state index contributed by atoms with van der Waals surface area (Å²) < 4.78 is 32.1. The highest BCUT2D eigenvalue weighted by Crippen LogP contribution is 2.35. The molecule has 0 aliphatic rings. The smallest absolute Gasteiger partial charge is 0.510 e. The van der Waals surface area contributed by atoms with Gasteiger partial charge in [-0.15, -0.1) is 11.3 Å². The summed E-state index contributed by atoms with van der Waals surface area (Å²) >= 11 is 1.09. The molecular formula is C12H22BNO5S2. The second kappa shape index (κ2) is 7.10. The van der Waals surface area contributed by atoms with Gasteiger partial charge >= 0.3 is 7.32 Å². The van der Waals surface area contributed by atoms with Crippen molar-refractivity contribution in [3.63, 3.8) is 0 Å². The molecule has 6 nitrogen and oxygen atoms in total. The van der Waals surface area contributed by atoms with E-state index in [0.29, 0.717) is 0 Å². The van der Waals surface area contributed by atoms with Crippen molar-refractivity contribution >= 4 is 28.7 Å². The predicted octanol–water partition coefficient (Wildman–Crippen LogP) is 1.52. The molecule has 0 fully saturated rings. The third-order valence-electron chi connectivity index (χ3n) is 2.41. The normalized spacial score (nSPS) is 12.5. The van der Waals surface area contributed by atoms with Gasteiger partial charge in [-0.1, -0.05) is 13.3 Å². The summed E-state index contributed by atoms with van der Waals surface area (Å²) in [5.41, 5.74) is -0.637. The highest BCUT2D eigenvalue weighted by atomic mass is 32.2. The number of hydrogen-bond acceptors (Lipinski definition) is 6. The average molecular weight is 335 g/mol. The van der Waals surface area contributed by atoms with Crippen LogP contribution >= 0.6 is 11.3 Å². The van der Waals surface area contributed by atoms with E-state index >= 15 is 0 Å². The van der Waals surface area contributed by atoms with Gasteiger partial charge in [0.05, 0.1) is 0 Å². The van der Waals surface area contributed by atoms with Crippen LogP contribution in [-0.4, -0.2) is 31.3 Å². The molecule has 0 saturated heterocycles. The number of unbranched alkanes of at least 4 members (excludes halogenated alkanes) is 1. The Kier molecular flexibility index (Phi) is 6.24. The van der Waals surface area contributed by atoms with Crippen molar-refractivity contribution in [3.8, 4) is 5.75 Å². The fraction of sp³-hybridized carbons (Fsp3) is 0.667. The molecule has 9 heteroatoms. The van der Waals surface area contributed by atoms with E-state index in [1.165, 1.54) is 0 Å². The van der Waals surface area contributed by atoms with Gasteiger partial charge in [-0.05, 0) is 39.7 Å².